The zero-order valence-electron chi connectivity index (χ0n) is 19.6. The minimum atomic E-state index is -0.564. The molecule has 3 aromatic rings. The average Bonchev–Trinajstić information content (AvgIpc) is 3.23. The Labute approximate surface area is 202 Å². The van der Waals surface area contributed by atoms with Gasteiger partial charge < -0.3 is 18.9 Å². The number of nitrogens with zero attached hydrogens (tertiary/aromatic N) is 2. The summed E-state index contributed by atoms with van der Waals surface area (Å²) >= 11 is 0. The molecule has 0 N–H and O–H groups in total. The number of esters is 1. The number of aromatic nitrogens is 1. The third-order valence-corrected chi connectivity index (χ3v) is 6.15. The smallest absolute Gasteiger partial charge is 0.310 e. The number of rotatable bonds is 8. The van der Waals surface area contributed by atoms with E-state index in [0.29, 0.717) is 41.7 Å². The van der Waals surface area contributed by atoms with Crippen molar-refractivity contribution < 1.29 is 27.8 Å². The molecule has 2 heterocycles. The molecule has 0 saturated carbocycles. The molecular formula is C27H28F2N2O4. The van der Waals surface area contributed by atoms with Crippen LogP contribution in [0.5, 0.6) is 5.75 Å². The summed E-state index contributed by atoms with van der Waals surface area (Å²) in [4.78, 5) is 27.6. The van der Waals surface area contributed by atoms with Crippen molar-refractivity contribution >= 4 is 22.8 Å². The van der Waals surface area contributed by atoms with Crippen LogP contribution >= 0.6 is 0 Å². The predicted octanol–water partition coefficient (Wildman–Crippen LogP) is 4.95. The van der Waals surface area contributed by atoms with E-state index in [0.717, 1.165) is 18.2 Å². The van der Waals surface area contributed by atoms with Gasteiger partial charge in [-0.15, -0.1) is 0 Å². The number of benzene rings is 2. The van der Waals surface area contributed by atoms with Crippen LogP contribution in [0, 0.1) is 17.6 Å². The number of likely N-dealkylation sites (tertiary alicyclic amines) is 1. The minimum Gasteiger partial charge on any atom is -0.489 e. The molecule has 6 nitrogen and oxygen atoms in total. The van der Waals surface area contributed by atoms with Gasteiger partial charge in [0.15, 0.2) is 0 Å². The Morgan fingerprint density at radius 1 is 1.20 bits per heavy atom. The maximum Gasteiger partial charge on any atom is 0.310 e. The van der Waals surface area contributed by atoms with Gasteiger partial charge in [-0.25, -0.2) is 8.78 Å². The lowest BCUT2D eigenvalue weighted by Gasteiger charge is -2.31. The quantitative estimate of drug-likeness (QED) is 0.337. The Hall–Kier alpha value is -3.68. The lowest BCUT2D eigenvalue weighted by molar-refractivity contribution is -0.149. The van der Waals surface area contributed by atoms with Gasteiger partial charge in [0.2, 0.25) is 0 Å². The first-order valence-electron chi connectivity index (χ1n) is 11.7. The Bertz CT molecular complexity index is 1250. The van der Waals surface area contributed by atoms with E-state index in [-0.39, 0.29) is 43.7 Å². The monoisotopic (exact) mass is 482 g/mol. The van der Waals surface area contributed by atoms with Gasteiger partial charge in [0.25, 0.3) is 5.91 Å². The van der Waals surface area contributed by atoms with E-state index in [1.54, 1.807) is 40.7 Å². The molecule has 1 aromatic heterocycles. The Balaban J connectivity index is 1.76. The fraction of sp³-hybridized carbons (Fsp3) is 0.333. The van der Waals surface area contributed by atoms with Crippen LogP contribution in [0.1, 0.15) is 35.8 Å². The number of carbonyl (C=O) groups excluding carboxylic acids is 2. The number of ether oxygens (including phenoxy) is 2. The standard InChI is InChI=1S/C27H28F2N2O4/c1-3-13-35-25-9-5-8-23-21(25)15-24(31(23)17-19-14-20(28)10-11-22(19)29)26(32)30-12-6-7-18(16-30)27(33)34-4-2/h3,5,8-11,14-15,18H,1,4,6-7,12-13,16-17H2,2H3. The number of hydrogen-bond acceptors (Lipinski definition) is 4. The largest absolute Gasteiger partial charge is 0.489 e. The van der Waals surface area contributed by atoms with Crippen LogP contribution in [-0.2, 0) is 16.1 Å². The highest BCUT2D eigenvalue weighted by Crippen LogP contribution is 2.32. The summed E-state index contributed by atoms with van der Waals surface area (Å²) in [5.41, 5.74) is 1.08. The van der Waals surface area contributed by atoms with Crippen LogP contribution in [0.4, 0.5) is 8.78 Å². The van der Waals surface area contributed by atoms with Crippen LogP contribution in [-0.4, -0.2) is 47.6 Å². The Morgan fingerprint density at radius 2 is 2.03 bits per heavy atom. The topological polar surface area (TPSA) is 60.8 Å². The van der Waals surface area contributed by atoms with Gasteiger partial charge in [0, 0.05) is 24.0 Å². The van der Waals surface area contributed by atoms with Crippen molar-refractivity contribution in [3.8, 4) is 5.75 Å². The van der Waals surface area contributed by atoms with Crippen molar-refractivity contribution in [2.75, 3.05) is 26.3 Å². The van der Waals surface area contributed by atoms with E-state index in [2.05, 4.69) is 6.58 Å². The van der Waals surface area contributed by atoms with Crippen LogP contribution in [0.2, 0.25) is 0 Å². The molecule has 1 atom stereocenters. The van der Waals surface area contributed by atoms with Crippen molar-refractivity contribution in [1.82, 2.24) is 9.47 Å². The van der Waals surface area contributed by atoms with E-state index >= 15 is 0 Å². The van der Waals surface area contributed by atoms with Gasteiger partial charge in [-0.2, -0.15) is 0 Å². The van der Waals surface area contributed by atoms with Gasteiger partial charge in [-0.1, -0.05) is 18.7 Å². The molecular weight excluding hydrogens is 454 g/mol. The molecule has 184 valence electrons. The molecule has 1 saturated heterocycles. The second kappa shape index (κ2) is 10.7. The summed E-state index contributed by atoms with van der Waals surface area (Å²) in [6, 6.07) is 10.3. The van der Waals surface area contributed by atoms with Crippen molar-refractivity contribution in [2.24, 2.45) is 5.92 Å². The maximum absolute atomic E-state index is 14.5. The highest BCUT2D eigenvalue weighted by Gasteiger charge is 2.31. The minimum absolute atomic E-state index is 0.0474. The fourth-order valence-electron chi connectivity index (χ4n) is 4.49. The number of piperidine rings is 1. The first kappa shape index (κ1) is 24.4. The maximum atomic E-state index is 14.5. The summed E-state index contributed by atoms with van der Waals surface area (Å²) < 4.78 is 41.1. The molecule has 1 aliphatic heterocycles. The van der Waals surface area contributed by atoms with Gasteiger partial charge in [0.05, 0.1) is 24.6 Å². The van der Waals surface area contributed by atoms with Crippen molar-refractivity contribution in [3.63, 3.8) is 0 Å². The molecule has 2 aromatic carbocycles. The SMILES string of the molecule is C=CCOc1cccc2c1cc(C(=O)N1CCCC(C(=O)OCC)C1)n2Cc1cc(F)ccc1F. The zero-order valence-corrected chi connectivity index (χ0v) is 19.6. The van der Waals surface area contributed by atoms with Crippen molar-refractivity contribution in [3.05, 3.63) is 78.0 Å². The normalized spacial score (nSPS) is 15.7. The zero-order chi connectivity index (χ0) is 24.9. The van der Waals surface area contributed by atoms with Crippen LogP contribution in [0.15, 0.2) is 55.1 Å². The van der Waals surface area contributed by atoms with Crippen LogP contribution < -0.4 is 4.74 Å². The summed E-state index contributed by atoms with van der Waals surface area (Å²) in [6.45, 7) is 6.67. The molecule has 0 bridgehead atoms. The molecule has 0 radical (unpaired) electrons. The van der Waals surface area contributed by atoms with E-state index in [4.69, 9.17) is 9.47 Å². The van der Waals surface area contributed by atoms with Crippen LogP contribution in [0.3, 0.4) is 0 Å². The first-order valence-corrected chi connectivity index (χ1v) is 11.7. The second-order valence-electron chi connectivity index (χ2n) is 8.48. The summed E-state index contributed by atoms with van der Waals surface area (Å²) in [6.07, 6.45) is 2.94. The number of hydrogen-bond donors (Lipinski definition) is 0. The number of fused-ring (bicyclic) bond motifs is 1. The second-order valence-corrected chi connectivity index (χ2v) is 8.48. The molecule has 0 spiro atoms. The first-order chi connectivity index (χ1) is 16.9. The lowest BCUT2D eigenvalue weighted by Crippen LogP contribution is -2.43. The predicted molar refractivity (Wildman–Crippen MR) is 128 cm³/mol. The van der Waals surface area contributed by atoms with E-state index in [1.165, 1.54) is 0 Å². The summed E-state index contributed by atoms with van der Waals surface area (Å²) in [7, 11) is 0. The molecule has 1 fully saturated rings. The fourth-order valence-corrected chi connectivity index (χ4v) is 4.49. The van der Waals surface area contributed by atoms with Gasteiger partial charge >= 0.3 is 5.97 Å². The van der Waals surface area contributed by atoms with Gasteiger partial charge in [-0.05, 0) is 56.2 Å². The number of halogens is 2. The highest BCUT2D eigenvalue weighted by molar-refractivity contribution is 6.00. The van der Waals surface area contributed by atoms with E-state index < -0.39 is 17.6 Å². The molecule has 0 aliphatic carbocycles. The molecule has 4 rings (SSSR count). The lowest BCUT2D eigenvalue weighted by atomic mass is 9.98. The molecule has 8 heteroatoms. The van der Waals surface area contributed by atoms with E-state index in [1.807, 2.05) is 6.07 Å². The van der Waals surface area contributed by atoms with E-state index in [9.17, 15) is 18.4 Å². The highest BCUT2D eigenvalue weighted by atomic mass is 19.1. The third-order valence-electron chi connectivity index (χ3n) is 6.15. The Morgan fingerprint density at radius 3 is 2.80 bits per heavy atom. The van der Waals surface area contributed by atoms with Gasteiger partial charge in [0.1, 0.15) is 29.7 Å². The molecule has 1 aliphatic rings. The third kappa shape index (κ3) is 5.21. The van der Waals surface area contributed by atoms with Crippen LogP contribution in [0.25, 0.3) is 10.9 Å². The molecule has 35 heavy (non-hydrogen) atoms. The van der Waals surface area contributed by atoms with Crippen molar-refractivity contribution in [2.45, 2.75) is 26.3 Å². The van der Waals surface area contributed by atoms with Crippen molar-refractivity contribution in [1.29, 1.82) is 0 Å². The van der Waals surface area contributed by atoms with Gasteiger partial charge in [-0.3, -0.25) is 9.59 Å². The summed E-state index contributed by atoms with van der Waals surface area (Å²) in [5.74, 6) is -1.56. The molecule has 1 amide bonds. The molecule has 1 unspecified atom stereocenters. The Kier molecular flexibility index (Phi) is 7.48. The summed E-state index contributed by atoms with van der Waals surface area (Å²) in [5, 5.41) is 0.675. The number of amides is 1. The average molecular weight is 483 g/mol. The number of carbonyl (C=O) groups is 2.